The molecule has 2 rings (SSSR count). The van der Waals surface area contributed by atoms with E-state index >= 15 is 0 Å². The fourth-order valence-corrected chi connectivity index (χ4v) is 1.95. The summed E-state index contributed by atoms with van der Waals surface area (Å²) in [4.78, 5) is 11.6. The second-order valence-corrected chi connectivity index (χ2v) is 5.15. The van der Waals surface area contributed by atoms with E-state index in [1.807, 2.05) is 24.3 Å². The van der Waals surface area contributed by atoms with E-state index in [0.29, 0.717) is 31.2 Å². The maximum atomic E-state index is 12.8. The molecule has 1 amide bonds. The molecule has 0 spiro atoms. The average Bonchev–Trinajstić information content (AvgIpc) is 2.60. The van der Waals surface area contributed by atoms with Crippen LogP contribution in [0.3, 0.4) is 0 Å². The minimum absolute atomic E-state index is 0.0715. The van der Waals surface area contributed by atoms with Gasteiger partial charge in [0.15, 0.2) is 0 Å². The van der Waals surface area contributed by atoms with Crippen LogP contribution in [-0.2, 0) is 16.1 Å². The maximum Gasteiger partial charge on any atom is 0.234 e. The normalized spacial score (nSPS) is 10.4. The van der Waals surface area contributed by atoms with Crippen LogP contribution >= 0.6 is 0 Å². The highest BCUT2D eigenvalue weighted by Gasteiger charge is 2.02. The van der Waals surface area contributed by atoms with Crippen molar-refractivity contribution in [2.24, 2.45) is 0 Å². The van der Waals surface area contributed by atoms with Crippen molar-refractivity contribution in [1.82, 2.24) is 10.6 Å². The van der Waals surface area contributed by atoms with Gasteiger partial charge in [0.1, 0.15) is 17.3 Å². The summed E-state index contributed by atoms with van der Waals surface area (Å²) >= 11 is 0. The fourth-order valence-electron chi connectivity index (χ4n) is 1.95. The van der Waals surface area contributed by atoms with Crippen LogP contribution in [-0.4, -0.2) is 32.7 Å². The van der Waals surface area contributed by atoms with Crippen molar-refractivity contribution in [2.75, 3.05) is 26.8 Å². The molecule has 0 atom stereocenters. The molecule has 5 nitrogen and oxygen atoms in total. The number of benzene rings is 2. The molecule has 0 aliphatic rings. The van der Waals surface area contributed by atoms with Crippen molar-refractivity contribution in [2.45, 2.75) is 6.54 Å². The summed E-state index contributed by atoms with van der Waals surface area (Å²) in [6, 6.07) is 13.2. The lowest BCUT2D eigenvalue weighted by Crippen LogP contribution is -2.34. The molecule has 128 valence electrons. The van der Waals surface area contributed by atoms with Gasteiger partial charge in [-0.25, -0.2) is 4.39 Å². The Hall–Kier alpha value is -2.44. The smallest absolute Gasteiger partial charge is 0.234 e. The molecule has 0 heterocycles. The van der Waals surface area contributed by atoms with Crippen LogP contribution < -0.4 is 15.4 Å². The Labute approximate surface area is 140 Å². The molecule has 24 heavy (non-hydrogen) atoms. The number of ether oxygens (including phenoxy) is 2. The van der Waals surface area contributed by atoms with E-state index in [2.05, 4.69) is 10.6 Å². The summed E-state index contributed by atoms with van der Waals surface area (Å²) in [7, 11) is 1.62. The molecule has 2 aromatic rings. The summed E-state index contributed by atoms with van der Waals surface area (Å²) in [6.45, 7) is 1.92. The van der Waals surface area contributed by atoms with Crippen molar-refractivity contribution >= 4 is 5.91 Å². The van der Waals surface area contributed by atoms with Crippen LogP contribution in [0.1, 0.15) is 5.56 Å². The van der Waals surface area contributed by atoms with Crippen LogP contribution in [0.25, 0.3) is 0 Å². The van der Waals surface area contributed by atoms with Gasteiger partial charge in [-0.2, -0.15) is 0 Å². The summed E-state index contributed by atoms with van der Waals surface area (Å²) in [5.74, 6) is 0.848. The first-order valence-electron chi connectivity index (χ1n) is 7.66. The van der Waals surface area contributed by atoms with Crippen molar-refractivity contribution in [3.63, 3.8) is 0 Å². The van der Waals surface area contributed by atoms with Gasteiger partial charge in [0.2, 0.25) is 5.91 Å². The number of halogens is 1. The number of methoxy groups -OCH3 is 1. The van der Waals surface area contributed by atoms with E-state index in [4.69, 9.17) is 9.47 Å². The van der Waals surface area contributed by atoms with E-state index in [0.717, 1.165) is 5.56 Å². The van der Waals surface area contributed by atoms with Crippen LogP contribution in [0, 0.1) is 5.82 Å². The minimum atomic E-state index is -0.301. The van der Waals surface area contributed by atoms with Crippen LogP contribution in [0.4, 0.5) is 4.39 Å². The number of carbonyl (C=O) groups excluding carboxylic acids is 1. The predicted octanol–water partition coefficient (Wildman–Crippen LogP) is 2.47. The zero-order valence-electron chi connectivity index (χ0n) is 13.5. The van der Waals surface area contributed by atoms with Gasteiger partial charge in [-0.3, -0.25) is 4.79 Å². The van der Waals surface area contributed by atoms with Gasteiger partial charge < -0.3 is 20.1 Å². The summed E-state index contributed by atoms with van der Waals surface area (Å²) in [5, 5.41) is 5.81. The second-order valence-electron chi connectivity index (χ2n) is 5.15. The van der Waals surface area contributed by atoms with Gasteiger partial charge in [-0.15, -0.1) is 0 Å². The molecule has 2 aromatic carbocycles. The zero-order valence-corrected chi connectivity index (χ0v) is 13.5. The molecule has 0 saturated carbocycles. The molecule has 0 aromatic heterocycles. The Kier molecular flexibility index (Phi) is 7.20. The minimum Gasteiger partial charge on any atom is -0.457 e. The SMILES string of the molecule is COCCNCC(=O)NCc1ccc(Oc2ccc(F)cc2)cc1. The highest BCUT2D eigenvalue weighted by molar-refractivity contribution is 5.77. The number of hydrogen-bond acceptors (Lipinski definition) is 4. The third-order valence-corrected chi connectivity index (χ3v) is 3.23. The molecule has 2 N–H and O–H groups in total. The van der Waals surface area contributed by atoms with Crippen molar-refractivity contribution < 1.29 is 18.7 Å². The molecule has 0 aliphatic heterocycles. The Balaban J connectivity index is 1.75. The molecule has 6 heteroatoms. The molecule has 0 unspecified atom stereocenters. The van der Waals surface area contributed by atoms with Gasteiger partial charge in [-0.05, 0) is 42.0 Å². The van der Waals surface area contributed by atoms with E-state index in [1.165, 1.54) is 12.1 Å². The second kappa shape index (κ2) is 9.64. The summed E-state index contributed by atoms with van der Waals surface area (Å²) < 4.78 is 23.3. The number of rotatable bonds is 9. The molecule has 0 fully saturated rings. The number of hydrogen-bond donors (Lipinski definition) is 2. The van der Waals surface area contributed by atoms with Gasteiger partial charge in [0, 0.05) is 20.2 Å². The van der Waals surface area contributed by atoms with Crippen LogP contribution in [0.5, 0.6) is 11.5 Å². The highest BCUT2D eigenvalue weighted by atomic mass is 19.1. The molecule has 0 saturated heterocycles. The Morgan fingerprint density at radius 2 is 1.67 bits per heavy atom. The summed E-state index contributed by atoms with van der Waals surface area (Å²) in [6.07, 6.45) is 0. The van der Waals surface area contributed by atoms with Crippen molar-refractivity contribution in [3.8, 4) is 11.5 Å². The highest BCUT2D eigenvalue weighted by Crippen LogP contribution is 2.21. The molecule has 0 radical (unpaired) electrons. The number of nitrogens with one attached hydrogen (secondary N) is 2. The molecular formula is C18H21FN2O3. The van der Waals surface area contributed by atoms with E-state index in [9.17, 15) is 9.18 Å². The van der Waals surface area contributed by atoms with E-state index in [1.54, 1.807) is 19.2 Å². The van der Waals surface area contributed by atoms with Crippen LogP contribution in [0.15, 0.2) is 48.5 Å². The van der Waals surface area contributed by atoms with E-state index in [-0.39, 0.29) is 18.3 Å². The van der Waals surface area contributed by atoms with Gasteiger partial charge >= 0.3 is 0 Å². The molecular weight excluding hydrogens is 311 g/mol. The number of amides is 1. The van der Waals surface area contributed by atoms with Crippen molar-refractivity contribution in [1.29, 1.82) is 0 Å². The van der Waals surface area contributed by atoms with Gasteiger partial charge in [-0.1, -0.05) is 12.1 Å². The Morgan fingerprint density at radius 1 is 1.04 bits per heavy atom. The lowest BCUT2D eigenvalue weighted by Gasteiger charge is -2.08. The molecule has 0 aliphatic carbocycles. The third kappa shape index (κ3) is 6.36. The van der Waals surface area contributed by atoms with Gasteiger partial charge in [0.25, 0.3) is 0 Å². The fraction of sp³-hybridized carbons (Fsp3) is 0.278. The lowest BCUT2D eigenvalue weighted by atomic mass is 10.2. The van der Waals surface area contributed by atoms with Gasteiger partial charge in [0.05, 0.1) is 13.2 Å². The largest absolute Gasteiger partial charge is 0.457 e. The predicted molar refractivity (Wildman–Crippen MR) is 89.5 cm³/mol. The van der Waals surface area contributed by atoms with E-state index < -0.39 is 0 Å². The van der Waals surface area contributed by atoms with Crippen LogP contribution in [0.2, 0.25) is 0 Å². The maximum absolute atomic E-state index is 12.8. The Bertz CT molecular complexity index is 630. The zero-order chi connectivity index (χ0) is 17.2. The lowest BCUT2D eigenvalue weighted by molar-refractivity contribution is -0.120. The monoisotopic (exact) mass is 332 g/mol. The first-order chi connectivity index (χ1) is 11.7. The topological polar surface area (TPSA) is 59.6 Å². The standard InChI is InChI=1S/C18H21FN2O3/c1-23-11-10-20-13-18(22)21-12-14-2-6-16(7-3-14)24-17-8-4-15(19)5-9-17/h2-9,20H,10-13H2,1H3,(H,21,22). The first-order valence-corrected chi connectivity index (χ1v) is 7.66. The Morgan fingerprint density at radius 3 is 2.29 bits per heavy atom. The summed E-state index contributed by atoms with van der Waals surface area (Å²) in [5.41, 5.74) is 0.965. The van der Waals surface area contributed by atoms with Crippen molar-refractivity contribution in [3.05, 3.63) is 59.9 Å². The first kappa shape index (κ1) is 17.9. The number of carbonyl (C=O) groups is 1. The average molecular weight is 332 g/mol. The third-order valence-electron chi connectivity index (χ3n) is 3.23. The molecule has 0 bridgehead atoms. The quantitative estimate of drug-likeness (QED) is 0.693.